The van der Waals surface area contributed by atoms with Crippen LogP contribution < -0.4 is 26.6 Å². The summed E-state index contributed by atoms with van der Waals surface area (Å²) in [6.07, 6.45) is 13.1. The van der Waals surface area contributed by atoms with E-state index in [0.717, 1.165) is 75.7 Å². The van der Waals surface area contributed by atoms with Crippen LogP contribution in [0.1, 0.15) is 164 Å². The van der Waals surface area contributed by atoms with Crippen molar-refractivity contribution in [2.24, 2.45) is 0 Å². The van der Waals surface area contributed by atoms with E-state index in [1.54, 1.807) is 12.1 Å². The summed E-state index contributed by atoms with van der Waals surface area (Å²) in [4.78, 5) is 100. The second-order valence-corrected chi connectivity index (χ2v) is 23.4. The lowest BCUT2D eigenvalue weighted by Crippen LogP contribution is -2.36. The van der Waals surface area contributed by atoms with E-state index in [9.17, 15) is 38.4 Å². The lowest BCUT2D eigenvalue weighted by molar-refractivity contribution is -0.156. The van der Waals surface area contributed by atoms with Crippen molar-refractivity contribution in [3.8, 4) is 0 Å². The maximum absolute atomic E-state index is 13.4. The number of nitrogens with one attached hydrogen (secondary N) is 5. The quantitative estimate of drug-likeness (QED) is 0.0256. The van der Waals surface area contributed by atoms with Crippen molar-refractivity contribution in [3.63, 3.8) is 0 Å². The third-order valence-electron chi connectivity index (χ3n) is 13.4. The van der Waals surface area contributed by atoms with E-state index < -0.39 is 5.60 Å². The monoisotopic (exact) mass is 1060 g/mol. The normalized spacial score (nSPS) is 20.9. The van der Waals surface area contributed by atoms with Crippen LogP contribution in [0.4, 0.5) is 9.59 Å². The Balaban J connectivity index is 0.967. The highest BCUT2D eigenvalue weighted by Crippen LogP contribution is 2.34. The molecule has 4 aliphatic rings. The molecule has 0 saturated carbocycles. The van der Waals surface area contributed by atoms with Crippen molar-refractivity contribution in [3.05, 3.63) is 34.9 Å². The zero-order valence-corrected chi connectivity index (χ0v) is 45.3. The molecule has 4 aliphatic heterocycles. The first-order chi connectivity index (χ1) is 35.1. The predicted octanol–water partition coefficient (Wildman–Crippen LogP) is 6.91. The van der Waals surface area contributed by atoms with Gasteiger partial charge in [0.25, 0.3) is 5.91 Å². The van der Waals surface area contributed by atoms with E-state index >= 15 is 0 Å². The van der Waals surface area contributed by atoms with Crippen LogP contribution in [0.2, 0.25) is 0 Å². The van der Waals surface area contributed by atoms with Gasteiger partial charge in [0.2, 0.25) is 0 Å². The zero-order chi connectivity index (χ0) is 52.4. The van der Waals surface area contributed by atoms with Crippen LogP contribution in [0.25, 0.3) is 0 Å². The van der Waals surface area contributed by atoms with Gasteiger partial charge in [-0.1, -0.05) is 31.7 Å². The van der Waals surface area contributed by atoms with Crippen molar-refractivity contribution in [2.45, 2.75) is 196 Å². The SMILES string of the molecule is CC(C)(C)OC(=O)CCOCCOCCOCCNC(=O)c1cc(CC(=O)CCCCCC(=O)CCCCC2SCC3NC(=O)NC32)cc(CC(=O)CCCCCC(=O)CCCCC2SCC3NC(=O)NC32)c1. The van der Waals surface area contributed by atoms with Gasteiger partial charge >= 0.3 is 18.0 Å². The van der Waals surface area contributed by atoms with E-state index in [-0.39, 0.29) is 110 Å². The van der Waals surface area contributed by atoms with Crippen LogP contribution in [0.5, 0.6) is 0 Å². The number of esters is 1. The molecule has 5 N–H and O–H groups in total. The fraction of sp³-hybridized carbons (Fsp3) is 0.741. The molecule has 4 saturated heterocycles. The van der Waals surface area contributed by atoms with Gasteiger partial charge in [0.05, 0.1) is 70.2 Å². The molecule has 0 radical (unpaired) electrons. The average Bonchev–Trinajstić information content (AvgIpc) is 4.10. The summed E-state index contributed by atoms with van der Waals surface area (Å²) in [5, 5.41) is 15.6. The van der Waals surface area contributed by atoms with Crippen LogP contribution in [-0.4, -0.2) is 145 Å². The third-order valence-corrected chi connectivity index (χ3v) is 16.4. The highest BCUT2D eigenvalue weighted by Gasteiger charge is 2.43. The summed E-state index contributed by atoms with van der Waals surface area (Å²) in [5.74, 6) is 1.76. The van der Waals surface area contributed by atoms with Crippen LogP contribution in [0, 0.1) is 0 Å². The molecule has 0 aromatic heterocycles. The number of Topliss-reactive ketones (excluding diaryl/α,β-unsaturated/α-hetero) is 4. The number of urea groups is 2. The maximum atomic E-state index is 13.4. The molecule has 6 unspecified atom stereocenters. The van der Waals surface area contributed by atoms with Gasteiger partial charge < -0.3 is 45.5 Å². The number of hydrogen-bond acceptors (Lipinski definition) is 14. The number of rotatable bonds is 39. The minimum atomic E-state index is -0.531. The Bertz CT molecular complexity index is 1880. The molecule has 1 aromatic carbocycles. The summed E-state index contributed by atoms with van der Waals surface area (Å²) < 4.78 is 21.8. The van der Waals surface area contributed by atoms with E-state index in [1.165, 1.54) is 0 Å². The topological polar surface area (TPSA) is 234 Å². The molecule has 5 amide bonds. The molecule has 5 rings (SSSR count). The number of ketones is 4. The molecule has 0 spiro atoms. The molecule has 19 heteroatoms. The molecule has 6 atom stereocenters. The number of ether oxygens (including phenoxy) is 4. The van der Waals surface area contributed by atoms with E-state index in [4.69, 9.17) is 18.9 Å². The lowest BCUT2D eigenvalue weighted by Gasteiger charge is -2.19. The van der Waals surface area contributed by atoms with Gasteiger partial charge in [-0.15, -0.1) is 0 Å². The minimum Gasteiger partial charge on any atom is -0.460 e. The molecule has 4 heterocycles. The number of thioether (sulfide) groups is 2. The molecule has 1 aromatic rings. The number of fused-ring (bicyclic) bond motifs is 2. The summed E-state index contributed by atoms with van der Waals surface area (Å²) in [6, 6.07) is 5.87. The standard InChI is InChI=1S/C54H83N5O12S2/c1-54(2,3)71-48(64)22-24-68-26-28-70-29-27-69-25-23-55-51(65)39-31-37(33-42(62)18-8-4-6-14-40(60)16-10-12-20-46-49-44(35-72-46)56-52(66)58-49)30-38(32-39)34-43(63)19-9-5-7-15-41(61)17-11-13-21-47-50-45(36-73-47)57-53(67)59-50/h30-32,44-47,49-50H,4-29,33-36H2,1-3H3,(H,55,65)(H2,56,58,66)(H2,57,59,67). The molecular weight excluding hydrogens is 975 g/mol. The van der Waals surface area contributed by atoms with Gasteiger partial charge in [0.1, 0.15) is 28.7 Å². The number of benzene rings is 1. The number of amides is 5. The number of carbonyl (C=O) groups excluding carboxylic acids is 8. The first-order valence-corrected chi connectivity index (χ1v) is 29.0. The van der Waals surface area contributed by atoms with Crippen molar-refractivity contribution >= 4 is 70.6 Å². The Morgan fingerprint density at radius 3 is 1.42 bits per heavy atom. The Kier molecular flexibility index (Phi) is 26.6. The van der Waals surface area contributed by atoms with Gasteiger partial charge in [-0.05, 0) is 95.4 Å². The fourth-order valence-electron chi connectivity index (χ4n) is 9.67. The maximum Gasteiger partial charge on any atom is 0.315 e. The van der Waals surface area contributed by atoms with Crippen LogP contribution >= 0.6 is 23.5 Å². The average molecular weight is 1060 g/mol. The van der Waals surface area contributed by atoms with E-state index in [2.05, 4.69) is 26.6 Å². The zero-order valence-electron chi connectivity index (χ0n) is 43.6. The van der Waals surface area contributed by atoms with Crippen molar-refractivity contribution in [1.29, 1.82) is 0 Å². The van der Waals surface area contributed by atoms with Crippen molar-refractivity contribution < 1.29 is 57.3 Å². The van der Waals surface area contributed by atoms with Crippen molar-refractivity contribution in [1.82, 2.24) is 26.6 Å². The summed E-state index contributed by atoms with van der Waals surface area (Å²) >= 11 is 3.77. The predicted molar refractivity (Wildman–Crippen MR) is 283 cm³/mol. The summed E-state index contributed by atoms with van der Waals surface area (Å²) in [6.45, 7) is 7.52. The first-order valence-electron chi connectivity index (χ1n) is 26.9. The molecule has 17 nitrogen and oxygen atoms in total. The van der Waals surface area contributed by atoms with Gasteiger partial charge in [-0.25, -0.2) is 9.59 Å². The molecule has 408 valence electrons. The fourth-order valence-corrected chi connectivity index (χ4v) is 12.8. The molecular formula is C54H83N5O12S2. The number of unbranched alkanes of at least 4 members (excludes halogenated alkanes) is 6. The Morgan fingerprint density at radius 1 is 0.534 bits per heavy atom. The highest BCUT2D eigenvalue weighted by molar-refractivity contribution is 8.00. The molecule has 4 fully saturated rings. The van der Waals surface area contributed by atoms with Gasteiger partial charge in [0, 0.05) is 85.5 Å². The second kappa shape index (κ2) is 32.4. The summed E-state index contributed by atoms with van der Waals surface area (Å²) in [7, 11) is 0. The Morgan fingerprint density at radius 2 is 0.959 bits per heavy atom. The number of carbonyl (C=O) groups is 8. The van der Waals surface area contributed by atoms with Crippen LogP contribution in [0.15, 0.2) is 18.2 Å². The van der Waals surface area contributed by atoms with Crippen molar-refractivity contribution in [2.75, 3.05) is 57.7 Å². The van der Waals surface area contributed by atoms with Crippen LogP contribution in [0.3, 0.4) is 0 Å². The third kappa shape index (κ3) is 23.6. The molecule has 0 aliphatic carbocycles. The smallest absolute Gasteiger partial charge is 0.315 e. The van der Waals surface area contributed by atoms with Gasteiger partial charge in [-0.2, -0.15) is 23.5 Å². The lowest BCUT2D eigenvalue weighted by atomic mass is 9.96. The Labute approximate surface area is 441 Å². The van der Waals surface area contributed by atoms with Gasteiger partial charge in [0.15, 0.2) is 0 Å². The van der Waals surface area contributed by atoms with E-state index in [1.807, 2.05) is 50.4 Å². The largest absolute Gasteiger partial charge is 0.460 e. The van der Waals surface area contributed by atoms with Crippen LogP contribution in [-0.2, 0) is 55.8 Å². The molecule has 73 heavy (non-hydrogen) atoms. The van der Waals surface area contributed by atoms with Gasteiger partial charge in [-0.3, -0.25) is 28.8 Å². The first kappa shape index (κ1) is 59.8. The summed E-state index contributed by atoms with van der Waals surface area (Å²) in [5.41, 5.74) is 1.17. The second-order valence-electron chi connectivity index (χ2n) is 20.8. The highest BCUT2D eigenvalue weighted by atomic mass is 32.2. The molecule has 0 bridgehead atoms. The Hall–Kier alpha value is -4.04. The minimum absolute atomic E-state index is 0.0296. The van der Waals surface area contributed by atoms with E-state index in [0.29, 0.717) is 105 Å². The number of hydrogen-bond donors (Lipinski definition) is 5.